The third-order valence-corrected chi connectivity index (χ3v) is 4.39. The summed E-state index contributed by atoms with van der Waals surface area (Å²) >= 11 is 0. The fourth-order valence-electron chi connectivity index (χ4n) is 3.19. The van der Waals surface area contributed by atoms with Crippen molar-refractivity contribution in [2.24, 2.45) is 11.8 Å². The Morgan fingerprint density at radius 1 is 1.10 bits per heavy atom. The standard InChI is InChI=1S/C15H21NO5/c1-10-6-7-12-9-19-14(17)13-5-3-2-4-11(13)8-20-15(18)16(12)21-10/h6-7,10-13H,2-5,8-9H2,1H3/t10-,11-,12-,13+/m0/s1. The summed E-state index contributed by atoms with van der Waals surface area (Å²) in [6.07, 6.45) is 6.77. The number of nitrogens with zero attached hydrogens (tertiary/aromatic N) is 1. The van der Waals surface area contributed by atoms with Crippen LogP contribution in [-0.4, -0.2) is 42.5 Å². The second kappa shape index (κ2) is 6.05. The average molecular weight is 295 g/mol. The molecule has 3 aliphatic rings. The predicted octanol–water partition coefficient (Wildman–Crippen LogP) is 2.05. The number of esters is 1. The molecule has 0 aromatic rings. The summed E-state index contributed by atoms with van der Waals surface area (Å²) in [7, 11) is 0. The Morgan fingerprint density at radius 3 is 2.76 bits per heavy atom. The molecule has 0 aromatic heterocycles. The highest BCUT2D eigenvalue weighted by Gasteiger charge is 2.37. The first-order valence-corrected chi connectivity index (χ1v) is 7.63. The SMILES string of the molecule is C[C@H]1C=C[C@H]2COC(=O)[C@@H]3CCCC[C@H]3COC(=O)N2O1. The minimum absolute atomic E-state index is 0.0597. The van der Waals surface area contributed by atoms with Crippen LogP contribution in [0.2, 0.25) is 0 Å². The number of carbonyl (C=O) groups excluding carboxylic acids is 2. The molecule has 2 fully saturated rings. The van der Waals surface area contributed by atoms with Gasteiger partial charge in [0.25, 0.3) is 0 Å². The highest BCUT2D eigenvalue weighted by atomic mass is 16.7. The molecule has 0 aromatic carbocycles. The quantitative estimate of drug-likeness (QED) is 0.505. The van der Waals surface area contributed by atoms with Gasteiger partial charge in [0.15, 0.2) is 0 Å². The first-order valence-electron chi connectivity index (χ1n) is 7.63. The van der Waals surface area contributed by atoms with Crippen molar-refractivity contribution in [3.8, 4) is 0 Å². The third-order valence-electron chi connectivity index (χ3n) is 4.39. The van der Waals surface area contributed by atoms with Crippen molar-refractivity contribution < 1.29 is 23.9 Å². The van der Waals surface area contributed by atoms with Crippen molar-refractivity contribution in [3.63, 3.8) is 0 Å². The molecular weight excluding hydrogens is 274 g/mol. The van der Waals surface area contributed by atoms with Crippen LogP contribution < -0.4 is 0 Å². The van der Waals surface area contributed by atoms with Gasteiger partial charge in [-0.15, -0.1) is 0 Å². The van der Waals surface area contributed by atoms with Gasteiger partial charge in [-0.3, -0.25) is 9.63 Å². The van der Waals surface area contributed by atoms with Crippen LogP contribution in [0.3, 0.4) is 0 Å². The van der Waals surface area contributed by atoms with E-state index in [2.05, 4.69) is 0 Å². The summed E-state index contributed by atoms with van der Waals surface area (Å²) in [5.41, 5.74) is 0. The van der Waals surface area contributed by atoms with Gasteiger partial charge < -0.3 is 9.47 Å². The van der Waals surface area contributed by atoms with Crippen LogP contribution >= 0.6 is 0 Å². The Labute approximate surface area is 124 Å². The van der Waals surface area contributed by atoms with Gasteiger partial charge in [0.05, 0.1) is 12.5 Å². The maximum absolute atomic E-state index is 12.2. The van der Waals surface area contributed by atoms with E-state index in [9.17, 15) is 9.59 Å². The summed E-state index contributed by atoms with van der Waals surface area (Å²) in [6, 6.07) is -0.419. The average Bonchev–Trinajstić information content (AvgIpc) is 2.50. The van der Waals surface area contributed by atoms with E-state index in [0.717, 1.165) is 25.7 Å². The number of carbonyl (C=O) groups is 2. The monoisotopic (exact) mass is 295 g/mol. The van der Waals surface area contributed by atoms with Gasteiger partial charge in [-0.1, -0.05) is 25.0 Å². The molecule has 0 radical (unpaired) electrons. The van der Waals surface area contributed by atoms with Gasteiger partial charge in [-0.2, -0.15) is 5.06 Å². The van der Waals surface area contributed by atoms with Crippen LogP contribution in [0.15, 0.2) is 12.2 Å². The number of amides is 1. The molecule has 21 heavy (non-hydrogen) atoms. The fraction of sp³-hybridized carbons (Fsp3) is 0.733. The Balaban J connectivity index is 1.77. The number of rotatable bonds is 0. The summed E-state index contributed by atoms with van der Waals surface area (Å²) < 4.78 is 10.8. The molecule has 6 nitrogen and oxygen atoms in total. The molecule has 3 rings (SSSR count). The zero-order valence-electron chi connectivity index (χ0n) is 12.2. The van der Waals surface area contributed by atoms with Gasteiger partial charge in [0, 0.05) is 5.92 Å². The largest absolute Gasteiger partial charge is 0.463 e. The first-order chi connectivity index (χ1) is 10.1. The van der Waals surface area contributed by atoms with Gasteiger partial charge >= 0.3 is 12.1 Å². The summed E-state index contributed by atoms with van der Waals surface area (Å²) in [6.45, 7) is 2.20. The second-order valence-corrected chi connectivity index (χ2v) is 5.95. The van der Waals surface area contributed by atoms with Crippen molar-refractivity contribution in [1.82, 2.24) is 5.06 Å². The van der Waals surface area contributed by atoms with Crippen molar-refractivity contribution in [3.05, 3.63) is 12.2 Å². The Hall–Kier alpha value is -1.56. The van der Waals surface area contributed by atoms with E-state index in [0.29, 0.717) is 0 Å². The lowest BCUT2D eigenvalue weighted by Gasteiger charge is -2.36. The van der Waals surface area contributed by atoms with Gasteiger partial charge in [-0.25, -0.2) is 4.79 Å². The maximum Gasteiger partial charge on any atom is 0.434 e. The molecule has 6 heteroatoms. The lowest BCUT2D eigenvalue weighted by molar-refractivity contribution is -0.195. The van der Waals surface area contributed by atoms with E-state index in [1.54, 1.807) is 0 Å². The second-order valence-electron chi connectivity index (χ2n) is 5.95. The van der Waals surface area contributed by atoms with E-state index >= 15 is 0 Å². The van der Waals surface area contributed by atoms with Gasteiger partial charge in [0.2, 0.25) is 0 Å². The number of ether oxygens (including phenoxy) is 2. The normalized spacial score (nSPS) is 37.1. The third kappa shape index (κ3) is 3.05. The molecule has 0 unspecified atom stereocenters. The van der Waals surface area contributed by atoms with Crippen molar-refractivity contribution in [2.75, 3.05) is 13.2 Å². The van der Waals surface area contributed by atoms with E-state index in [4.69, 9.17) is 14.3 Å². The molecule has 0 spiro atoms. The molecule has 0 N–H and O–H groups in total. The molecule has 0 bridgehead atoms. The van der Waals surface area contributed by atoms with E-state index in [-0.39, 0.29) is 37.1 Å². The number of fused-ring (bicyclic) bond motifs is 2. The van der Waals surface area contributed by atoms with E-state index < -0.39 is 12.1 Å². The Kier molecular flexibility index (Phi) is 4.14. The van der Waals surface area contributed by atoms with Crippen LogP contribution in [-0.2, 0) is 19.1 Å². The molecule has 4 atom stereocenters. The molecule has 1 saturated heterocycles. The van der Waals surface area contributed by atoms with E-state index in [1.165, 1.54) is 5.06 Å². The molecular formula is C15H21NO5. The summed E-state index contributed by atoms with van der Waals surface area (Å²) in [4.78, 5) is 29.9. The van der Waals surface area contributed by atoms with E-state index in [1.807, 2.05) is 19.1 Å². The zero-order valence-corrected chi connectivity index (χ0v) is 12.2. The zero-order chi connectivity index (χ0) is 14.8. The molecule has 1 amide bonds. The highest BCUT2D eigenvalue weighted by Crippen LogP contribution is 2.32. The minimum Gasteiger partial charge on any atom is -0.463 e. The summed E-state index contributed by atoms with van der Waals surface area (Å²) in [5.74, 6) is -0.264. The van der Waals surface area contributed by atoms with Crippen LogP contribution in [0, 0.1) is 11.8 Å². The minimum atomic E-state index is -0.501. The smallest absolute Gasteiger partial charge is 0.434 e. The van der Waals surface area contributed by atoms with Crippen molar-refractivity contribution >= 4 is 12.1 Å². The van der Waals surface area contributed by atoms with Crippen LogP contribution in [0.25, 0.3) is 0 Å². The van der Waals surface area contributed by atoms with Gasteiger partial charge in [0.1, 0.15) is 18.8 Å². The Bertz CT molecular complexity index is 449. The molecule has 2 aliphatic heterocycles. The fourth-order valence-corrected chi connectivity index (χ4v) is 3.19. The summed E-state index contributed by atoms with van der Waals surface area (Å²) in [5, 5.41) is 1.18. The molecule has 1 saturated carbocycles. The number of hydroxylamine groups is 2. The van der Waals surface area contributed by atoms with Crippen LogP contribution in [0.5, 0.6) is 0 Å². The van der Waals surface area contributed by atoms with Crippen molar-refractivity contribution in [1.29, 1.82) is 0 Å². The topological polar surface area (TPSA) is 65.1 Å². The van der Waals surface area contributed by atoms with Crippen LogP contribution in [0.4, 0.5) is 4.79 Å². The van der Waals surface area contributed by atoms with Gasteiger partial charge in [-0.05, 0) is 19.8 Å². The molecule has 2 heterocycles. The number of hydrogen-bond acceptors (Lipinski definition) is 5. The lowest BCUT2D eigenvalue weighted by atomic mass is 9.79. The number of hydrogen-bond donors (Lipinski definition) is 0. The van der Waals surface area contributed by atoms with Crippen molar-refractivity contribution in [2.45, 2.75) is 44.8 Å². The molecule has 1 aliphatic carbocycles. The van der Waals surface area contributed by atoms with Crippen LogP contribution in [0.1, 0.15) is 32.6 Å². The Morgan fingerprint density at radius 2 is 1.90 bits per heavy atom. The first kappa shape index (κ1) is 14.4. The maximum atomic E-state index is 12.2. The number of cyclic esters (lactones) is 2. The predicted molar refractivity (Wildman–Crippen MR) is 73.1 cm³/mol. The molecule has 116 valence electrons. The highest BCUT2D eigenvalue weighted by molar-refractivity contribution is 5.73. The lowest BCUT2D eigenvalue weighted by Crippen LogP contribution is -2.48.